The second-order valence-electron chi connectivity index (χ2n) is 13.7. The van der Waals surface area contributed by atoms with Crippen molar-refractivity contribution in [2.24, 2.45) is 11.8 Å². The summed E-state index contributed by atoms with van der Waals surface area (Å²) in [6.07, 6.45) is 35.3. The molecule has 0 unspecified atom stereocenters. The summed E-state index contributed by atoms with van der Waals surface area (Å²) in [6, 6.07) is 0. The molecule has 4 atom stereocenters. The molecule has 1 rings (SSSR count). The number of ketones is 1. The van der Waals surface area contributed by atoms with Crippen molar-refractivity contribution in [2.45, 2.75) is 180 Å². The van der Waals surface area contributed by atoms with Crippen molar-refractivity contribution in [2.75, 3.05) is 13.2 Å². The molecule has 0 fully saturated rings. The van der Waals surface area contributed by atoms with Crippen LogP contribution in [0.25, 0.3) is 0 Å². The van der Waals surface area contributed by atoms with Gasteiger partial charge in [-0.3, -0.25) is 14.4 Å². The monoisotopic (exact) mass is 675 g/mol. The van der Waals surface area contributed by atoms with Gasteiger partial charge in [0.1, 0.15) is 19.3 Å². The van der Waals surface area contributed by atoms with Gasteiger partial charge in [0, 0.05) is 18.8 Å². The lowest BCUT2D eigenvalue weighted by Crippen LogP contribution is -2.25. The molecule has 0 saturated heterocycles. The highest BCUT2D eigenvalue weighted by Gasteiger charge is 2.26. The van der Waals surface area contributed by atoms with Crippen LogP contribution in [0.2, 0.25) is 0 Å². The summed E-state index contributed by atoms with van der Waals surface area (Å²) in [6.45, 7) is 4.04. The smallest absolute Gasteiger partial charge is 0.305 e. The van der Waals surface area contributed by atoms with E-state index in [0.29, 0.717) is 19.3 Å². The highest BCUT2D eigenvalue weighted by atomic mass is 16.6. The molecule has 0 aliphatic heterocycles. The molecule has 0 heterocycles. The van der Waals surface area contributed by atoms with E-state index in [2.05, 4.69) is 13.8 Å². The fourth-order valence-corrected chi connectivity index (χ4v) is 6.02. The molecular weight excluding hydrogens is 604 g/mol. The molecule has 1 aliphatic rings. The largest absolute Gasteiger partial charge is 0.463 e. The van der Waals surface area contributed by atoms with Crippen LogP contribution in [0.4, 0.5) is 0 Å². The number of hydrogen-bond donors (Lipinski definition) is 2. The summed E-state index contributed by atoms with van der Waals surface area (Å²) < 4.78 is 10.3. The van der Waals surface area contributed by atoms with Crippen molar-refractivity contribution in [3.8, 4) is 0 Å². The summed E-state index contributed by atoms with van der Waals surface area (Å²) in [5, 5.41) is 20.2. The van der Waals surface area contributed by atoms with E-state index in [0.717, 1.165) is 51.4 Å². The van der Waals surface area contributed by atoms with Crippen molar-refractivity contribution < 1.29 is 34.1 Å². The van der Waals surface area contributed by atoms with Gasteiger partial charge in [0.25, 0.3) is 0 Å². The van der Waals surface area contributed by atoms with Gasteiger partial charge in [-0.15, -0.1) is 0 Å². The zero-order chi connectivity index (χ0) is 35.1. The summed E-state index contributed by atoms with van der Waals surface area (Å²) in [5.74, 6) is -0.784. The quantitative estimate of drug-likeness (QED) is 0.0415. The first-order valence-corrected chi connectivity index (χ1v) is 19.6. The molecular formula is C41H70O7. The van der Waals surface area contributed by atoms with E-state index < -0.39 is 18.2 Å². The van der Waals surface area contributed by atoms with Crippen LogP contribution in [0.1, 0.15) is 168 Å². The Kier molecular flexibility index (Phi) is 28.1. The number of rotatable bonds is 32. The Labute approximate surface area is 293 Å². The van der Waals surface area contributed by atoms with Crippen molar-refractivity contribution in [1.82, 2.24) is 0 Å². The lowest BCUT2D eigenvalue weighted by molar-refractivity contribution is -0.152. The molecule has 48 heavy (non-hydrogen) atoms. The summed E-state index contributed by atoms with van der Waals surface area (Å²) in [5.41, 5.74) is 0. The van der Waals surface area contributed by atoms with Crippen molar-refractivity contribution in [3.05, 3.63) is 36.5 Å². The van der Waals surface area contributed by atoms with E-state index in [1.54, 1.807) is 12.2 Å². The normalized spacial score (nSPS) is 17.5. The van der Waals surface area contributed by atoms with Gasteiger partial charge in [0.2, 0.25) is 0 Å². The Hall–Kier alpha value is -2.25. The molecule has 1 aliphatic carbocycles. The van der Waals surface area contributed by atoms with Crippen LogP contribution >= 0.6 is 0 Å². The molecule has 0 aromatic carbocycles. The Morgan fingerprint density at radius 3 is 1.77 bits per heavy atom. The average Bonchev–Trinajstić information content (AvgIpc) is 3.43. The second kappa shape index (κ2) is 30.8. The Morgan fingerprint density at radius 2 is 1.21 bits per heavy atom. The fraction of sp³-hybridized carbons (Fsp3) is 0.780. The zero-order valence-electron chi connectivity index (χ0n) is 30.6. The number of hydrogen-bond acceptors (Lipinski definition) is 7. The standard InChI is InChI=1S/C41H70O7/c1-3-5-7-8-9-10-11-12-13-14-15-16-17-18-23-27-40(45)47-33-37(43)34-48-41(46)28-24-20-19-22-25-35-29-32-39(44)38(35)31-30-36(42)26-21-6-4-2/h19,22,29-32,35-38,42-43H,3-18,20-21,23-28,33-34H2,1-2H3/b22-19-,31-30+/t35-,36-,37-,38+/m0/s1. The highest BCUT2D eigenvalue weighted by Crippen LogP contribution is 2.27. The Balaban J connectivity index is 2.00. The van der Waals surface area contributed by atoms with Crippen molar-refractivity contribution >= 4 is 17.7 Å². The van der Waals surface area contributed by atoms with Crippen molar-refractivity contribution in [3.63, 3.8) is 0 Å². The van der Waals surface area contributed by atoms with E-state index in [1.165, 1.54) is 77.0 Å². The van der Waals surface area contributed by atoms with E-state index in [4.69, 9.17) is 9.47 Å². The van der Waals surface area contributed by atoms with Gasteiger partial charge in [-0.25, -0.2) is 0 Å². The van der Waals surface area contributed by atoms with Crippen LogP contribution in [-0.4, -0.2) is 53.4 Å². The maximum atomic E-state index is 12.3. The minimum Gasteiger partial charge on any atom is -0.463 e. The first-order valence-electron chi connectivity index (χ1n) is 19.6. The van der Waals surface area contributed by atoms with Crippen LogP contribution < -0.4 is 0 Å². The third-order valence-electron chi connectivity index (χ3n) is 9.13. The number of aliphatic hydroxyl groups is 2. The molecule has 7 heteroatoms. The second-order valence-corrected chi connectivity index (χ2v) is 13.7. The molecule has 2 N–H and O–H groups in total. The van der Waals surface area contributed by atoms with Crippen LogP contribution in [0.5, 0.6) is 0 Å². The fourth-order valence-electron chi connectivity index (χ4n) is 6.02. The minimum absolute atomic E-state index is 0.0744. The molecule has 0 aromatic rings. The number of unbranched alkanes of at least 4 members (excludes halogenated alkanes) is 17. The molecule has 0 aromatic heterocycles. The summed E-state index contributed by atoms with van der Waals surface area (Å²) in [4.78, 5) is 36.3. The van der Waals surface area contributed by atoms with Crippen LogP contribution in [0.15, 0.2) is 36.5 Å². The third kappa shape index (κ3) is 24.8. The Morgan fingerprint density at radius 1 is 0.708 bits per heavy atom. The molecule has 0 saturated carbocycles. The number of allylic oxidation sites excluding steroid dienone is 5. The molecule has 0 bridgehead atoms. The SMILES string of the molecule is CCCCCCCCCCCCCCCCCC(=O)OC[C@H](O)COC(=O)CCC/C=C\C[C@H]1C=CC(=O)[C@@H]1/C=C/[C@@H](O)CCCCC. The highest BCUT2D eigenvalue weighted by molar-refractivity contribution is 5.95. The van der Waals surface area contributed by atoms with Gasteiger partial charge in [0.15, 0.2) is 5.78 Å². The lowest BCUT2D eigenvalue weighted by Gasteiger charge is -2.13. The minimum atomic E-state index is -1.03. The van der Waals surface area contributed by atoms with Gasteiger partial charge in [-0.2, -0.15) is 0 Å². The predicted molar refractivity (Wildman–Crippen MR) is 195 cm³/mol. The number of esters is 2. The first kappa shape index (κ1) is 43.8. The third-order valence-corrected chi connectivity index (χ3v) is 9.13. The molecule has 0 radical (unpaired) electrons. The molecule has 7 nitrogen and oxygen atoms in total. The number of carbonyl (C=O) groups excluding carboxylic acids is 3. The van der Waals surface area contributed by atoms with Crippen LogP contribution in [-0.2, 0) is 23.9 Å². The molecule has 0 spiro atoms. The van der Waals surface area contributed by atoms with Crippen LogP contribution in [0, 0.1) is 11.8 Å². The van der Waals surface area contributed by atoms with Gasteiger partial charge in [-0.05, 0) is 44.1 Å². The maximum absolute atomic E-state index is 12.3. The predicted octanol–water partition coefficient (Wildman–Crippen LogP) is 9.68. The Bertz CT molecular complexity index is 908. The molecule has 0 amide bonds. The van der Waals surface area contributed by atoms with Gasteiger partial charge < -0.3 is 19.7 Å². The summed E-state index contributed by atoms with van der Waals surface area (Å²) >= 11 is 0. The topological polar surface area (TPSA) is 110 Å². The molecule has 276 valence electrons. The number of ether oxygens (including phenoxy) is 2. The van der Waals surface area contributed by atoms with Crippen molar-refractivity contribution in [1.29, 1.82) is 0 Å². The zero-order valence-corrected chi connectivity index (χ0v) is 30.6. The van der Waals surface area contributed by atoms with Crippen LogP contribution in [0.3, 0.4) is 0 Å². The lowest BCUT2D eigenvalue weighted by atomic mass is 9.90. The van der Waals surface area contributed by atoms with E-state index in [9.17, 15) is 24.6 Å². The van der Waals surface area contributed by atoms with Gasteiger partial charge in [-0.1, -0.05) is 153 Å². The average molecular weight is 675 g/mol. The first-order chi connectivity index (χ1) is 23.4. The van der Waals surface area contributed by atoms with Gasteiger partial charge in [0.05, 0.1) is 6.10 Å². The summed E-state index contributed by atoms with van der Waals surface area (Å²) in [7, 11) is 0. The van der Waals surface area contributed by atoms with E-state index in [-0.39, 0.29) is 43.2 Å². The van der Waals surface area contributed by atoms with E-state index in [1.807, 2.05) is 24.3 Å². The van der Waals surface area contributed by atoms with E-state index >= 15 is 0 Å². The maximum Gasteiger partial charge on any atom is 0.305 e. The van der Waals surface area contributed by atoms with Gasteiger partial charge >= 0.3 is 11.9 Å². The number of carbonyl (C=O) groups is 3. The number of aliphatic hydroxyl groups excluding tert-OH is 2.